The second-order valence-electron chi connectivity index (χ2n) is 6.63. The molecule has 0 aliphatic carbocycles. The van der Waals surface area contributed by atoms with Gasteiger partial charge in [0.05, 0.1) is 5.69 Å². The van der Waals surface area contributed by atoms with Crippen molar-refractivity contribution in [3.8, 4) is 11.3 Å². The lowest BCUT2D eigenvalue weighted by Gasteiger charge is -2.11. The number of aryl methyl sites for hydroxylation is 1. The van der Waals surface area contributed by atoms with Gasteiger partial charge in [0.2, 0.25) is 0 Å². The summed E-state index contributed by atoms with van der Waals surface area (Å²) in [6.45, 7) is 3.47. The van der Waals surface area contributed by atoms with E-state index in [-0.39, 0.29) is 12.4 Å². The van der Waals surface area contributed by atoms with E-state index in [4.69, 9.17) is 10.1 Å². The van der Waals surface area contributed by atoms with Crippen molar-refractivity contribution in [3.05, 3.63) is 71.7 Å². The van der Waals surface area contributed by atoms with E-state index in [0.717, 1.165) is 53.4 Å². The Morgan fingerprint density at radius 3 is 2.68 bits per heavy atom. The van der Waals surface area contributed by atoms with Crippen molar-refractivity contribution < 1.29 is 9.50 Å². The van der Waals surface area contributed by atoms with Crippen LogP contribution in [0, 0.1) is 12.7 Å². The zero-order chi connectivity index (χ0) is 19.8. The predicted molar refractivity (Wildman–Crippen MR) is 111 cm³/mol. The van der Waals surface area contributed by atoms with Crippen molar-refractivity contribution in [3.63, 3.8) is 0 Å². The van der Waals surface area contributed by atoms with Crippen molar-refractivity contribution in [2.75, 3.05) is 23.8 Å². The minimum absolute atomic E-state index is 0.202. The molecule has 0 fully saturated rings. The Hall–Kier alpha value is -2.99. The summed E-state index contributed by atoms with van der Waals surface area (Å²) >= 11 is 0. The lowest BCUT2D eigenvalue weighted by Crippen LogP contribution is -2.05. The summed E-state index contributed by atoms with van der Waals surface area (Å²) in [7, 11) is 0. The van der Waals surface area contributed by atoms with Gasteiger partial charge in [-0.3, -0.25) is 0 Å². The van der Waals surface area contributed by atoms with Gasteiger partial charge in [-0.05, 0) is 61.2 Å². The zero-order valence-electron chi connectivity index (χ0n) is 16.0. The van der Waals surface area contributed by atoms with E-state index < -0.39 is 0 Å². The largest absolute Gasteiger partial charge is 0.396 e. The number of halogens is 1. The van der Waals surface area contributed by atoms with E-state index in [1.165, 1.54) is 12.1 Å². The summed E-state index contributed by atoms with van der Waals surface area (Å²) in [5.74, 6) is 1.28. The van der Waals surface area contributed by atoms with Gasteiger partial charge in [0, 0.05) is 31.5 Å². The molecule has 0 amide bonds. The monoisotopic (exact) mass is 380 g/mol. The minimum Gasteiger partial charge on any atom is -0.396 e. The van der Waals surface area contributed by atoms with Crippen LogP contribution < -0.4 is 10.6 Å². The average Bonchev–Trinajstić information content (AvgIpc) is 2.71. The normalized spacial score (nSPS) is 10.7. The molecule has 0 saturated heterocycles. The number of benzene rings is 1. The Bertz CT molecular complexity index is 917. The average molecular weight is 380 g/mol. The lowest BCUT2D eigenvalue weighted by molar-refractivity contribution is 0.286. The minimum atomic E-state index is -0.243. The van der Waals surface area contributed by atoms with Gasteiger partial charge >= 0.3 is 0 Å². The number of unbranched alkanes of at least 4 members (excludes halogenated alkanes) is 1. The first-order valence-corrected chi connectivity index (χ1v) is 9.43. The number of anilines is 2. The van der Waals surface area contributed by atoms with Crippen LogP contribution in [0.5, 0.6) is 0 Å². The maximum atomic E-state index is 13.3. The van der Waals surface area contributed by atoms with E-state index in [9.17, 15) is 4.39 Å². The van der Waals surface area contributed by atoms with Crippen LogP contribution in [0.25, 0.3) is 11.3 Å². The summed E-state index contributed by atoms with van der Waals surface area (Å²) in [5.41, 5.74) is 3.76. The fourth-order valence-corrected chi connectivity index (χ4v) is 2.87. The topological polar surface area (TPSA) is 70.1 Å². The zero-order valence-corrected chi connectivity index (χ0v) is 16.0. The molecule has 0 radical (unpaired) electrons. The molecule has 0 atom stereocenters. The summed E-state index contributed by atoms with van der Waals surface area (Å²) in [5, 5.41) is 15.4. The quantitative estimate of drug-likeness (QED) is 0.481. The van der Waals surface area contributed by atoms with Crippen molar-refractivity contribution >= 4 is 11.6 Å². The Balaban J connectivity index is 1.72. The summed E-state index contributed by atoms with van der Waals surface area (Å²) in [6, 6.07) is 14.3. The van der Waals surface area contributed by atoms with Gasteiger partial charge in [-0.1, -0.05) is 18.2 Å². The van der Waals surface area contributed by atoms with Crippen LogP contribution in [-0.4, -0.2) is 28.2 Å². The molecule has 3 aromatic rings. The van der Waals surface area contributed by atoms with Gasteiger partial charge in [-0.25, -0.2) is 14.4 Å². The van der Waals surface area contributed by atoms with Crippen molar-refractivity contribution in [2.45, 2.75) is 26.3 Å². The van der Waals surface area contributed by atoms with Crippen LogP contribution in [0.2, 0.25) is 0 Å². The van der Waals surface area contributed by atoms with Crippen molar-refractivity contribution in [1.29, 1.82) is 0 Å². The summed E-state index contributed by atoms with van der Waals surface area (Å²) in [4.78, 5) is 9.11. The van der Waals surface area contributed by atoms with Gasteiger partial charge in [-0.15, -0.1) is 0 Å². The van der Waals surface area contributed by atoms with Crippen LogP contribution in [0.4, 0.5) is 16.0 Å². The number of nitrogens with one attached hydrogen (secondary N) is 2. The Morgan fingerprint density at radius 2 is 1.86 bits per heavy atom. The summed E-state index contributed by atoms with van der Waals surface area (Å²) < 4.78 is 13.3. The van der Waals surface area contributed by atoms with Crippen LogP contribution in [0.1, 0.15) is 24.0 Å². The van der Waals surface area contributed by atoms with Crippen LogP contribution in [-0.2, 0) is 6.54 Å². The van der Waals surface area contributed by atoms with E-state index in [1.54, 1.807) is 6.07 Å². The highest BCUT2D eigenvalue weighted by atomic mass is 19.1. The van der Waals surface area contributed by atoms with E-state index in [1.807, 2.05) is 43.5 Å². The molecule has 0 saturated carbocycles. The van der Waals surface area contributed by atoms with E-state index >= 15 is 0 Å². The molecule has 28 heavy (non-hydrogen) atoms. The number of nitrogens with zero attached hydrogens (tertiary/aromatic N) is 2. The highest BCUT2D eigenvalue weighted by molar-refractivity contribution is 5.67. The van der Waals surface area contributed by atoms with Crippen LogP contribution in [0.15, 0.2) is 54.7 Å². The van der Waals surface area contributed by atoms with Gasteiger partial charge in [0.15, 0.2) is 0 Å². The third kappa shape index (κ3) is 5.50. The number of hydrogen-bond donors (Lipinski definition) is 3. The molecule has 146 valence electrons. The molecule has 6 heteroatoms. The maximum Gasteiger partial charge on any atom is 0.126 e. The highest BCUT2D eigenvalue weighted by Gasteiger charge is 2.07. The van der Waals surface area contributed by atoms with Gasteiger partial charge in [0.25, 0.3) is 0 Å². The lowest BCUT2D eigenvalue weighted by atomic mass is 10.1. The molecule has 1 aromatic carbocycles. The number of aromatic nitrogens is 2. The molecule has 0 aliphatic rings. The second kappa shape index (κ2) is 9.80. The number of hydrogen-bond acceptors (Lipinski definition) is 5. The number of aliphatic hydroxyl groups is 1. The highest BCUT2D eigenvalue weighted by Crippen LogP contribution is 2.25. The second-order valence-corrected chi connectivity index (χ2v) is 6.63. The smallest absolute Gasteiger partial charge is 0.126 e. The predicted octanol–water partition coefficient (Wildman–Crippen LogP) is 4.39. The molecule has 0 aliphatic heterocycles. The third-order valence-corrected chi connectivity index (χ3v) is 4.38. The first-order valence-electron chi connectivity index (χ1n) is 9.43. The van der Waals surface area contributed by atoms with Crippen LogP contribution in [0.3, 0.4) is 0 Å². The van der Waals surface area contributed by atoms with Crippen LogP contribution >= 0.6 is 0 Å². The fourth-order valence-electron chi connectivity index (χ4n) is 2.87. The fraction of sp³-hybridized carbons (Fsp3) is 0.273. The molecular formula is C22H25FN4O. The third-order valence-electron chi connectivity index (χ3n) is 4.38. The molecule has 0 unspecified atom stereocenters. The molecule has 3 N–H and O–H groups in total. The molecule has 2 aromatic heterocycles. The Morgan fingerprint density at radius 1 is 1.00 bits per heavy atom. The Kier molecular flexibility index (Phi) is 6.92. The molecule has 5 nitrogen and oxygen atoms in total. The number of rotatable bonds is 9. The first kappa shape index (κ1) is 19.8. The van der Waals surface area contributed by atoms with Crippen molar-refractivity contribution in [1.82, 2.24) is 9.97 Å². The molecule has 0 spiro atoms. The van der Waals surface area contributed by atoms with Gasteiger partial charge < -0.3 is 15.7 Å². The van der Waals surface area contributed by atoms with E-state index in [2.05, 4.69) is 15.6 Å². The van der Waals surface area contributed by atoms with Crippen molar-refractivity contribution in [2.24, 2.45) is 0 Å². The molecule has 0 bridgehead atoms. The molecule has 2 heterocycles. The maximum absolute atomic E-state index is 13.3. The standard InChI is InChI=1S/C22H25FN4O/c1-16-14-25-22(24-10-2-3-11-28)13-19(16)20-8-5-9-21(27-20)26-15-17-6-4-7-18(23)12-17/h4-9,12-14,28H,2-3,10-11,15H2,1H3,(H,24,25)(H,26,27). The Labute approximate surface area is 164 Å². The first-order chi connectivity index (χ1) is 13.7. The number of pyridine rings is 2. The molecular weight excluding hydrogens is 355 g/mol. The summed E-state index contributed by atoms with van der Waals surface area (Å²) in [6.07, 6.45) is 3.49. The van der Waals surface area contributed by atoms with Gasteiger partial charge in [-0.2, -0.15) is 0 Å². The molecule has 3 rings (SSSR count). The number of aliphatic hydroxyl groups excluding tert-OH is 1. The SMILES string of the molecule is Cc1cnc(NCCCCO)cc1-c1cccc(NCc2cccc(F)c2)n1. The van der Waals surface area contributed by atoms with Gasteiger partial charge in [0.1, 0.15) is 17.5 Å². The van der Waals surface area contributed by atoms with E-state index in [0.29, 0.717) is 6.54 Å².